The van der Waals surface area contributed by atoms with Crippen LogP contribution >= 0.6 is 0 Å². The number of rotatable bonds is 4. The molecule has 1 atom stereocenters. The molecule has 1 amide bonds. The van der Waals surface area contributed by atoms with Crippen LogP contribution in [0, 0.1) is 6.92 Å². The van der Waals surface area contributed by atoms with Gasteiger partial charge in [-0.1, -0.05) is 25.3 Å². The summed E-state index contributed by atoms with van der Waals surface area (Å²) < 4.78 is 7.95. The molecule has 9 heteroatoms. The highest BCUT2D eigenvalue weighted by Gasteiger charge is 2.35. The fraction of sp³-hybridized carbons (Fsp3) is 0.214. The Morgan fingerprint density at radius 2 is 2.11 bits per heavy atom. The second kappa shape index (κ2) is 8.77. The number of nitrogens with zero attached hydrogens (tertiary/aromatic N) is 5. The van der Waals surface area contributed by atoms with E-state index in [9.17, 15) is 9.59 Å². The summed E-state index contributed by atoms with van der Waals surface area (Å²) in [5.74, 6) is 1.11. The monoisotopic (exact) mass is 494 g/mol. The van der Waals surface area contributed by atoms with Crippen molar-refractivity contribution in [1.82, 2.24) is 24.6 Å². The predicted octanol–water partition coefficient (Wildman–Crippen LogP) is 3.50. The molecular weight excluding hydrogens is 468 g/mol. The van der Waals surface area contributed by atoms with Crippen molar-refractivity contribution in [1.29, 1.82) is 0 Å². The molecule has 0 unspecified atom stereocenters. The summed E-state index contributed by atoms with van der Waals surface area (Å²) in [6.07, 6.45) is 8.14. The van der Waals surface area contributed by atoms with E-state index in [0.29, 0.717) is 43.3 Å². The number of aromatic nitrogens is 4. The summed E-state index contributed by atoms with van der Waals surface area (Å²) in [5, 5.41) is 9.02. The number of piperazine rings is 1. The normalized spacial score (nSPS) is 17.1. The summed E-state index contributed by atoms with van der Waals surface area (Å²) in [5.41, 5.74) is 4.22. The van der Waals surface area contributed by atoms with Crippen molar-refractivity contribution in [3.05, 3.63) is 77.9 Å². The highest BCUT2D eigenvalue weighted by atomic mass is 16.5. The van der Waals surface area contributed by atoms with Crippen LogP contribution < -0.4 is 15.3 Å². The van der Waals surface area contributed by atoms with Crippen LogP contribution in [0.5, 0.6) is 5.75 Å². The molecule has 2 aliphatic heterocycles. The number of H-pyrrole nitrogens is 1. The van der Waals surface area contributed by atoms with E-state index in [1.54, 1.807) is 23.3 Å². The lowest BCUT2D eigenvalue weighted by Crippen LogP contribution is -2.56. The van der Waals surface area contributed by atoms with Gasteiger partial charge in [-0.05, 0) is 54.0 Å². The molecule has 37 heavy (non-hydrogen) atoms. The third-order valence-electron chi connectivity index (χ3n) is 7.14. The van der Waals surface area contributed by atoms with Crippen molar-refractivity contribution in [3.8, 4) is 16.9 Å². The van der Waals surface area contributed by atoms with Crippen molar-refractivity contribution in [2.24, 2.45) is 0 Å². The Bertz CT molecular complexity index is 1680. The summed E-state index contributed by atoms with van der Waals surface area (Å²) >= 11 is 0. The number of nitrogens with one attached hydrogen (secondary N) is 1. The number of benzene rings is 2. The Labute approximate surface area is 213 Å². The Kier molecular flexibility index (Phi) is 5.40. The second-order valence-electron chi connectivity index (χ2n) is 9.27. The van der Waals surface area contributed by atoms with Gasteiger partial charge in [0.05, 0.1) is 28.7 Å². The fourth-order valence-corrected chi connectivity index (χ4v) is 5.38. The van der Waals surface area contributed by atoms with Crippen molar-refractivity contribution < 1.29 is 9.53 Å². The van der Waals surface area contributed by atoms with Gasteiger partial charge in [0.15, 0.2) is 0 Å². The molecule has 0 bridgehead atoms. The molecule has 1 fully saturated rings. The Hall–Kier alpha value is -4.66. The third-order valence-corrected chi connectivity index (χ3v) is 7.14. The lowest BCUT2D eigenvalue weighted by Gasteiger charge is -2.40. The second-order valence-corrected chi connectivity index (χ2v) is 9.27. The molecule has 2 aromatic carbocycles. The van der Waals surface area contributed by atoms with E-state index in [1.165, 1.54) is 10.6 Å². The molecular formula is C28H26N6O3. The first kappa shape index (κ1) is 22.8. The number of anilines is 1. The van der Waals surface area contributed by atoms with Crippen LogP contribution in [0.25, 0.3) is 39.1 Å². The first-order valence-corrected chi connectivity index (χ1v) is 12.1. The van der Waals surface area contributed by atoms with Gasteiger partial charge in [-0.3, -0.25) is 14.5 Å². The van der Waals surface area contributed by atoms with Crippen LogP contribution in [-0.2, 0) is 4.79 Å². The van der Waals surface area contributed by atoms with E-state index in [1.807, 2.05) is 30.5 Å². The molecule has 2 aliphatic rings. The molecule has 6 rings (SSSR count). The van der Waals surface area contributed by atoms with Crippen LogP contribution in [0.2, 0.25) is 0 Å². The van der Waals surface area contributed by atoms with E-state index in [0.717, 1.165) is 33.0 Å². The molecule has 2 aromatic heterocycles. The van der Waals surface area contributed by atoms with Gasteiger partial charge in [0.2, 0.25) is 5.91 Å². The molecule has 1 saturated heterocycles. The lowest BCUT2D eigenvalue weighted by atomic mass is 9.95. The minimum absolute atomic E-state index is 0.115. The van der Waals surface area contributed by atoms with E-state index in [2.05, 4.69) is 40.2 Å². The summed E-state index contributed by atoms with van der Waals surface area (Å²) in [4.78, 5) is 34.0. The average molecular weight is 495 g/mol. The first-order chi connectivity index (χ1) is 18.0. The van der Waals surface area contributed by atoms with E-state index in [4.69, 9.17) is 4.74 Å². The maximum absolute atomic E-state index is 13.4. The molecule has 0 saturated carbocycles. The fourth-order valence-electron chi connectivity index (χ4n) is 5.38. The number of carbonyl (C=O) groups excluding carboxylic acids is 1. The van der Waals surface area contributed by atoms with Crippen molar-refractivity contribution in [2.45, 2.75) is 13.0 Å². The van der Waals surface area contributed by atoms with Crippen molar-refractivity contribution in [2.75, 3.05) is 31.1 Å². The molecule has 0 aliphatic carbocycles. The van der Waals surface area contributed by atoms with Crippen LogP contribution in [-0.4, -0.2) is 62.8 Å². The summed E-state index contributed by atoms with van der Waals surface area (Å²) in [6, 6.07) is 7.93. The van der Waals surface area contributed by atoms with Gasteiger partial charge in [-0.25, -0.2) is 4.79 Å². The number of hydrogen-bond acceptors (Lipinski definition) is 6. The molecule has 0 radical (unpaired) electrons. The minimum atomic E-state index is -0.396. The maximum Gasteiger partial charge on any atom is 0.354 e. The molecule has 4 heterocycles. The minimum Gasteiger partial charge on any atom is -0.490 e. The number of amides is 1. The summed E-state index contributed by atoms with van der Waals surface area (Å²) in [6.45, 7) is 11.3. The van der Waals surface area contributed by atoms with Gasteiger partial charge >= 0.3 is 5.69 Å². The Morgan fingerprint density at radius 3 is 2.92 bits per heavy atom. The third kappa shape index (κ3) is 3.62. The van der Waals surface area contributed by atoms with Gasteiger partial charge in [0, 0.05) is 31.2 Å². The first-order valence-electron chi connectivity index (χ1n) is 12.1. The summed E-state index contributed by atoms with van der Waals surface area (Å²) in [7, 11) is 0. The van der Waals surface area contributed by atoms with Gasteiger partial charge in [0.1, 0.15) is 18.2 Å². The smallest absolute Gasteiger partial charge is 0.354 e. The zero-order chi connectivity index (χ0) is 25.7. The standard InChI is InChI=1S/C28H26N6O3/c1-4-6-9-34-22-12-18(25-17(3)7-8-21-20(25)14-29-31-21)13-23-26(22)27(30-28(34)36)33-11-10-32(24(35)5-2)15-19(33)16-37-23/h4-9,12-14,19H,1-2,10-11,15-16H2,3H3,(H,29,31)/b9-6+/t19-/m1/s1. The van der Waals surface area contributed by atoms with Crippen LogP contribution in [0.4, 0.5) is 5.82 Å². The Balaban J connectivity index is 1.61. The van der Waals surface area contributed by atoms with Crippen molar-refractivity contribution in [3.63, 3.8) is 0 Å². The number of aryl methyl sites for hydroxylation is 1. The van der Waals surface area contributed by atoms with Gasteiger partial charge in [-0.2, -0.15) is 10.1 Å². The number of allylic oxidation sites excluding steroid dienone is 2. The zero-order valence-electron chi connectivity index (χ0n) is 20.5. The quantitative estimate of drug-likeness (QED) is 0.345. The molecule has 9 nitrogen and oxygen atoms in total. The number of carbonyl (C=O) groups is 1. The van der Waals surface area contributed by atoms with Gasteiger partial charge in [-0.15, -0.1) is 0 Å². The number of fused-ring (bicyclic) bond motifs is 3. The molecule has 0 spiro atoms. The van der Waals surface area contributed by atoms with Crippen LogP contribution in [0.3, 0.4) is 0 Å². The molecule has 1 N–H and O–H groups in total. The SMILES string of the molecule is C=C/C=C/n1c(=O)nc2c3c(cc(-c4c(C)ccc5[nH]ncc45)cc31)OC[C@H]1CN(C(=O)C=C)CCN21. The molecule has 186 valence electrons. The predicted molar refractivity (Wildman–Crippen MR) is 145 cm³/mol. The van der Waals surface area contributed by atoms with Gasteiger partial charge in [0.25, 0.3) is 0 Å². The van der Waals surface area contributed by atoms with Crippen molar-refractivity contribution >= 4 is 39.7 Å². The zero-order valence-corrected chi connectivity index (χ0v) is 20.5. The largest absolute Gasteiger partial charge is 0.490 e. The topological polar surface area (TPSA) is 96.3 Å². The average Bonchev–Trinajstić information content (AvgIpc) is 3.32. The van der Waals surface area contributed by atoms with Gasteiger partial charge < -0.3 is 14.5 Å². The highest BCUT2D eigenvalue weighted by molar-refractivity contribution is 6.03. The Morgan fingerprint density at radius 1 is 1.24 bits per heavy atom. The number of ether oxygens (including phenoxy) is 1. The highest BCUT2D eigenvalue weighted by Crippen LogP contribution is 2.42. The lowest BCUT2D eigenvalue weighted by molar-refractivity contribution is -0.126. The van der Waals surface area contributed by atoms with E-state index >= 15 is 0 Å². The molecule has 4 aromatic rings. The number of hydrogen-bond donors (Lipinski definition) is 1. The van der Waals surface area contributed by atoms with Crippen LogP contribution in [0.15, 0.2) is 66.6 Å². The van der Waals surface area contributed by atoms with Crippen LogP contribution in [0.1, 0.15) is 5.56 Å². The van der Waals surface area contributed by atoms with E-state index < -0.39 is 5.69 Å². The van der Waals surface area contributed by atoms with E-state index in [-0.39, 0.29) is 11.9 Å². The maximum atomic E-state index is 13.4. The number of aromatic amines is 1.